The number of aliphatic hydroxyl groups is 1. The van der Waals surface area contributed by atoms with E-state index in [0.717, 1.165) is 11.1 Å². The summed E-state index contributed by atoms with van der Waals surface area (Å²) in [6.07, 6.45) is 0.212. The molecule has 3 unspecified atom stereocenters. The van der Waals surface area contributed by atoms with E-state index in [9.17, 15) is 9.90 Å². The Hall–Kier alpha value is -2.13. The van der Waals surface area contributed by atoms with Crippen LogP contribution in [-0.2, 0) is 15.1 Å². The lowest BCUT2D eigenvalue weighted by molar-refractivity contribution is -0.150. The number of cyclic esters (lactones) is 1. The summed E-state index contributed by atoms with van der Waals surface area (Å²) in [4.78, 5) is 12.2. The fourth-order valence-corrected chi connectivity index (χ4v) is 2.89. The predicted molar refractivity (Wildman–Crippen MR) is 79.4 cm³/mol. The molecular weight excluding hydrogens is 264 g/mol. The summed E-state index contributed by atoms with van der Waals surface area (Å²) in [5.74, 6) is -0.886. The van der Waals surface area contributed by atoms with Crippen LogP contribution in [0.2, 0.25) is 0 Å². The van der Waals surface area contributed by atoms with Gasteiger partial charge in [-0.15, -0.1) is 0 Å². The van der Waals surface area contributed by atoms with Crippen LogP contribution in [0.4, 0.5) is 0 Å². The number of esters is 1. The molecule has 0 spiro atoms. The smallest absolute Gasteiger partial charge is 0.312 e. The molecule has 3 rings (SSSR count). The van der Waals surface area contributed by atoms with E-state index in [-0.39, 0.29) is 12.1 Å². The highest BCUT2D eigenvalue weighted by Crippen LogP contribution is 2.42. The van der Waals surface area contributed by atoms with Gasteiger partial charge in [0.2, 0.25) is 0 Å². The van der Waals surface area contributed by atoms with E-state index in [2.05, 4.69) is 0 Å². The normalized spacial score (nSPS) is 24.4. The largest absolute Gasteiger partial charge is 0.457 e. The van der Waals surface area contributed by atoms with Crippen LogP contribution in [0.5, 0.6) is 0 Å². The van der Waals surface area contributed by atoms with Gasteiger partial charge in [-0.05, 0) is 18.1 Å². The fraction of sp³-hybridized carbons (Fsp3) is 0.278. The molecule has 1 saturated heterocycles. The van der Waals surface area contributed by atoms with Crippen molar-refractivity contribution in [2.24, 2.45) is 5.92 Å². The predicted octanol–water partition coefficient (Wildman–Crippen LogP) is 3.20. The van der Waals surface area contributed by atoms with Crippen LogP contribution in [-0.4, -0.2) is 11.1 Å². The topological polar surface area (TPSA) is 46.5 Å². The van der Waals surface area contributed by atoms with E-state index in [0.29, 0.717) is 6.42 Å². The third-order valence-electron chi connectivity index (χ3n) is 4.20. The van der Waals surface area contributed by atoms with Gasteiger partial charge in [0.25, 0.3) is 0 Å². The minimum absolute atomic E-state index is 0.279. The first-order valence-corrected chi connectivity index (χ1v) is 7.12. The number of carbonyl (C=O) groups excluding carboxylic acids is 1. The Morgan fingerprint density at radius 1 is 1.05 bits per heavy atom. The number of ether oxygens (including phenoxy) is 1. The molecule has 0 saturated carbocycles. The molecule has 0 aliphatic carbocycles. The zero-order chi connectivity index (χ0) is 14.9. The average Bonchev–Trinajstić information content (AvgIpc) is 2.92. The third-order valence-corrected chi connectivity index (χ3v) is 4.20. The maximum absolute atomic E-state index is 12.2. The van der Waals surface area contributed by atoms with Crippen molar-refractivity contribution in [1.29, 1.82) is 0 Å². The molecule has 21 heavy (non-hydrogen) atoms. The molecule has 0 aromatic heterocycles. The van der Waals surface area contributed by atoms with Crippen molar-refractivity contribution in [3.8, 4) is 0 Å². The summed E-state index contributed by atoms with van der Waals surface area (Å²) < 4.78 is 5.47. The van der Waals surface area contributed by atoms with Crippen molar-refractivity contribution < 1.29 is 14.6 Å². The van der Waals surface area contributed by atoms with E-state index in [1.165, 1.54) is 0 Å². The van der Waals surface area contributed by atoms with E-state index in [4.69, 9.17) is 4.74 Å². The molecule has 1 N–H and O–H groups in total. The second-order valence-corrected chi connectivity index (χ2v) is 5.64. The Morgan fingerprint density at radius 2 is 1.62 bits per heavy atom. The van der Waals surface area contributed by atoms with Gasteiger partial charge in [0.1, 0.15) is 11.7 Å². The van der Waals surface area contributed by atoms with Crippen molar-refractivity contribution in [2.75, 3.05) is 0 Å². The van der Waals surface area contributed by atoms with Gasteiger partial charge in [-0.25, -0.2) is 0 Å². The van der Waals surface area contributed by atoms with Crippen molar-refractivity contribution >= 4 is 5.97 Å². The monoisotopic (exact) mass is 282 g/mol. The average molecular weight is 282 g/mol. The minimum Gasteiger partial charge on any atom is -0.457 e. The second-order valence-electron chi connectivity index (χ2n) is 5.64. The van der Waals surface area contributed by atoms with Gasteiger partial charge < -0.3 is 9.84 Å². The quantitative estimate of drug-likeness (QED) is 0.879. The molecule has 1 aliphatic rings. The van der Waals surface area contributed by atoms with Crippen molar-refractivity contribution in [3.05, 3.63) is 71.8 Å². The molecule has 3 atom stereocenters. The molecule has 1 aliphatic heterocycles. The highest BCUT2D eigenvalue weighted by Gasteiger charge is 2.47. The van der Waals surface area contributed by atoms with E-state index >= 15 is 0 Å². The summed E-state index contributed by atoms with van der Waals surface area (Å²) >= 11 is 0. The van der Waals surface area contributed by atoms with Crippen LogP contribution in [0.15, 0.2) is 60.7 Å². The summed E-state index contributed by atoms with van der Waals surface area (Å²) in [6.45, 7) is 1.68. The molecular formula is C18H18O3. The fourth-order valence-electron chi connectivity index (χ4n) is 2.89. The van der Waals surface area contributed by atoms with Gasteiger partial charge in [-0.1, -0.05) is 60.7 Å². The summed E-state index contributed by atoms with van der Waals surface area (Å²) in [5, 5.41) is 10.8. The number of rotatable bonds is 3. The Morgan fingerprint density at radius 3 is 2.24 bits per heavy atom. The van der Waals surface area contributed by atoms with Crippen LogP contribution in [0.25, 0.3) is 0 Å². The second kappa shape index (κ2) is 5.34. The summed E-state index contributed by atoms with van der Waals surface area (Å²) in [7, 11) is 0. The SMILES string of the molecule is CC(O)(c1ccccc1)C1CC(c2ccccc2)OC1=O. The van der Waals surface area contributed by atoms with Gasteiger partial charge in [0.15, 0.2) is 0 Å². The van der Waals surface area contributed by atoms with E-state index in [1.54, 1.807) is 6.92 Å². The van der Waals surface area contributed by atoms with Gasteiger partial charge in [-0.2, -0.15) is 0 Å². The van der Waals surface area contributed by atoms with Crippen LogP contribution in [0.1, 0.15) is 30.6 Å². The molecule has 2 aromatic rings. The van der Waals surface area contributed by atoms with Crippen molar-refractivity contribution in [1.82, 2.24) is 0 Å². The van der Waals surface area contributed by atoms with E-state index in [1.807, 2.05) is 60.7 Å². The molecule has 0 amide bonds. The van der Waals surface area contributed by atoms with Crippen LogP contribution in [0, 0.1) is 5.92 Å². The summed E-state index contributed by atoms with van der Waals surface area (Å²) in [6, 6.07) is 18.9. The molecule has 0 radical (unpaired) electrons. The molecule has 2 aromatic carbocycles. The molecule has 1 fully saturated rings. The van der Waals surface area contributed by atoms with Crippen LogP contribution >= 0.6 is 0 Å². The van der Waals surface area contributed by atoms with Gasteiger partial charge in [-0.3, -0.25) is 4.79 Å². The van der Waals surface area contributed by atoms with Gasteiger partial charge >= 0.3 is 5.97 Å². The molecule has 3 nitrogen and oxygen atoms in total. The number of benzene rings is 2. The van der Waals surface area contributed by atoms with Gasteiger partial charge in [0.05, 0.1) is 5.92 Å². The third kappa shape index (κ3) is 2.57. The van der Waals surface area contributed by atoms with Gasteiger partial charge in [0, 0.05) is 6.42 Å². The Balaban J connectivity index is 1.85. The van der Waals surface area contributed by atoms with Crippen LogP contribution in [0.3, 0.4) is 0 Å². The lowest BCUT2D eigenvalue weighted by atomic mass is 9.80. The Bertz CT molecular complexity index is 619. The van der Waals surface area contributed by atoms with Crippen molar-refractivity contribution in [2.45, 2.75) is 25.0 Å². The Labute approximate surface area is 124 Å². The number of hydrogen-bond acceptors (Lipinski definition) is 3. The first-order valence-electron chi connectivity index (χ1n) is 7.12. The van der Waals surface area contributed by atoms with Crippen molar-refractivity contribution in [3.63, 3.8) is 0 Å². The first kappa shape index (κ1) is 13.8. The molecule has 3 heteroatoms. The van der Waals surface area contributed by atoms with Crippen LogP contribution < -0.4 is 0 Å². The lowest BCUT2D eigenvalue weighted by Crippen LogP contribution is -2.34. The number of hydrogen-bond donors (Lipinski definition) is 1. The highest BCUT2D eigenvalue weighted by molar-refractivity contribution is 5.76. The zero-order valence-corrected chi connectivity index (χ0v) is 11.9. The lowest BCUT2D eigenvalue weighted by Gasteiger charge is -2.27. The Kier molecular flexibility index (Phi) is 3.52. The number of carbonyl (C=O) groups is 1. The molecule has 0 bridgehead atoms. The standard InChI is InChI=1S/C18H18O3/c1-18(20,14-10-6-3-7-11-14)15-12-16(21-17(15)19)13-8-4-2-5-9-13/h2-11,15-16,20H,12H2,1H3. The highest BCUT2D eigenvalue weighted by atomic mass is 16.6. The maximum Gasteiger partial charge on any atom is 0.312 e. The maximum atomic E-state index is 12.2. The molecule has 1 heterocycles. The summed E-state index contributed by atoms with van der Waals surface area (Å²) in [5.41, 5.74) is 0.486. The minimum atomic E-state index is -1.22. The first-order chi connectivity index (χ1) is 10.1. The van der Waals surface area contributed by atoms with E-state index < -0.39 is 11.5 Å². The zero-order valence-electron chi connectivity index (χ0n) is 11.9. The molecule has 108 valence electrons.